The van der Waals surface area contributed by atoms with Crippen LogP contribution in [0.15, 0.2) is 11.4 Å². The van der Waals surface area contributed by atoms with Crippen molar-refractivity contribution in [1.29, 1.82) is 0 Å². The van der Waals surface area contributed by atoms with Gasteiger partial charge in [-0.15, -0.1) is 11.3 Å². The van der Waals surface area contributed by atoms with Gasteiger partial charge in [0.25, 0.3) is 0 Å². The number of fused-ring (bicyclic) bond motifs is 1. The van der Waals surface area contributed by atoms with E-state index in [-0.39, 0.29) is 11.9 Å². The van der Waals surface area contributed by atoms with Crippen LogP contribution < -0.4 is 16.0 Å². The smallest absolute Gasteiger partial charge is 0.240 e. The molecule has 0 spiro atoms. The number of anilines is 2. The maximum absolute atomic E-state index is 11.6. The molecule has 1 amide bonds. The number of hydrogen-bond donors (Lipinski definition) is 2. The highest BCUT2D eigenvalue weighted by Crippen LogP contribution is 2.33. The molecule has 0 radical (unpaired) electrons. The predicted octanol–water partition coefficient (Wildman–Crippen LogP) is 1.58. The number of carbonyl (C=O) groups is 1. The maximum atomic E-state index is 11.6. The molecule has 0 saturated carbocycles. The first-order chi connectivity index (χ1) is 9.70. The zero-order chi connectivity index (χ0) is 14.1. The summed E-state index contributed by atoms with van der Waals surface area (Å²) >= 11 is 1.58. The van der Waals surface area contributed by atoms with Crippen molar-refractivity contribution in [2.45, 2.75) is 25.8 Å². The van der Waals surface area contributed by atoms with Gasteiger partial charge in [-0.25, -0.2) is 4.98 Å². The standard InChI is InChI=1S/C13H17N5OS/c1-2-15-13-16-11(8-5-7-20-12(8)17-13)18-6-3-4-9(18)10(14)19/h5,7,9H,2-4,6H2,1H3,(H2,14,19)(H,15,16,17). The second-order valence-electron chi connectivity index (χ2n) is 4.79. The minimum absolute atomic E-state index is 0.262. The summed E-state index contributed by atoms with van der Waals surface area (Å²) in [5.41, 5.74) is 5.50. The molecular weight excluding hydrogens is 274 g/mol. The molecule has 1 aliphatic heterocycles. The predicted molar refractivity (Wildman–Crippen MR) is 81.1 cm³/mol. The zero-order valence-corrected chi connectivity index (χ0v) is 12.1. The van der Waals surface area contributed by atoms with Crippen LogP contribution in [-0.4, -0.2) is 35.0 Å². The molecule has 2 aromatic rings. The van der Waals surface area contributed by atoms with Gasteiger partial charge in [-0.3, -0.25) is 4.79 Å². The first-order valence-electron chi connectivity index (χ1n) is 6.75. The summed E-state index contributed by atoms with van der Waals surface area (Å²) in [6.45, 7) is 3.57. The number of nitrogens with zero attached hydrogens (tertiary/aromatic N) is 3. The summed E-state index contributed by atoms with van der Waals surface area (Å²) < 4.78 is 0. The van der Waals surface area contributed by atoms with E-state index < -0.39 is 0 Å². The summed E-state index contributed by atoms with van der Waals surface area (Å²) in [6, 6.07) is 1.74. The topological polar surface area (TPSA) is 84.1 Å². The van der Waals surface area contributed by atoms with Crippen LogP contribution in [0.4, 0.5) is 11.8 Å². The quantitative estimate of drug-likeness (QED) is 0.893. The molecule has 1 aliphatic rings. The third-order valence-electron chi connectivity index (χ3n) is 3.49. The molecule has 0 aliphatic carbocycles. The minimum atomic E-state index is -0.283. The Labute approximate surface area is 121 Å². The molecule has 7 heteroatoms. The van der Waals surface area contributed by atoms with Crippen molar-refractivity contribution < 1.29 is 4.79 Å². The van der Waals surface area contributed by atoms with Gasteiger partial charge in [-0.2, -0.15) is 4.98 Å². The van der Waals surface area contributed by atoms with Gasteiger partial charge in [-0.05, 0) is 31.2 Å². The van der Waals surface area contributed by atoms with E-state index in [0.29, 0.717) is 5.95 Å². The third-order valence-corrected chi connectivity index (χ3v) is 4.30. The normalized spacial score (nSPS) is 18.6. The number of nitrogens with one attached hydrogen (secondary N) is 1. The Morgan fingerprint density at radius 3 is 3.20 bits per heavy atom. The molecule has 3 N–H and O–H groups in total. The number of aromatic nitrogens is 2. The molecule has 0 aromatic carbocycles. The van der Waals surface area contributed by atoms with Crippen LogP contribution in [0.1, 0.15) is 19.8 Å². The van der Waals surface area contributed by atoms with Crippen molar-refractivity contribution in [3.8, 4) is 0 Å². The van der Waals surface area contributed by atoms with E-state index >= 15 is 0 Å². The van der Waals surface area contributed by atoms with Gasteiger partial charge in [0.05, 0.1) is 5.39 Å². The summed E-state index contributed by atoms with van der Waals surface area (Å²) in [4.78, 5) is 23.6. The molecule has 1 unspecified atom stereocenters. The van der Waals surface area contributed by atoms with Gasteiger partial charge in [0.2, 0.25) is 11.9 Å². The molecule has 6 nitrogen and oxygen atoms in total. The molecule has 106 valence electrons. The molecular formula is C13H17N5OS. The second kappa shape index (κ2) is 5.24. The molecule has 2 aromatic heterocycles. The molecule has 3 heterocycles. The van der Waals surface area contributed by atoms with Crippen LogP contribution >= 0.6 is 11.3 Å². The Balaban J connectivity index is 2.09. The van der Waals surface area contributed by atoms with Crippen molar-refractivity contribution in [2.75, 3.05) is 23.3 Å². The lowest BCUT2D eigenvalue weighted by Gasteiger charge is -2.24. The number of hydrogen-bond acceptors (Lipinski definition) is 6. The SMILES string of the molecule is CCNc1nc(N2CCCC2C(N)=O)c2ccsc2n1. The summed E-state index contributed by atoms with van der Waals surface area (Å²) in [5.74, 6) is 1.13. The van der Waals surface area contributed by atoms with Gasteiger partial charge in [0.1, 0.15) is 16.7 Å². The lowest BCUT2D eigenvalue weighted by atomic mass is 10.2. The van der Waals surface area contributed by atoms with Crippen LogP contribution in [-0.2, 0) is 4.79 Å². The number of thiophene rings is 1. The molecule has 3 rings (SSSR count). The first kappa shape index (κ1) is 13.1. The first-order valence-corrected chi connectivity index (χ1v) is 7.63. The van der Waals surface area contributed by atoms with Crippen LogP contribution in [0.25, 0.3) is 10.2 Å². The van der Waals surface area contributed by atoms with Crippen molar-refractivity contribution in [2.24, 2.45) is 5.73 Å². The Morgan fingerprint density at radius 1 is 1.60 bits per heavy atom. The molecule has 1 fully saturated rings. The van der Waals surface area contributed by atoms with Crippen LogP contribution in [0.2, 0.25) is 0 Å². The second-order valence-corrected chi connectivity index (χ2v) is 5.69. The number of carbonyl (C=O) groups excluding carboxylic acids is 1. The zero-order valence-electron chi connectivity index (χ0n) is 11.3. The van der Waals surface area contributed by atoms with E-state index in [1.165, 1.54) is 0 Å². The summed E-state index contributed by atoms with van der Waals surface area (Å²) in [7, 11) is 0. The third kappa shape index (κ3) is 2.18. The maximum Gasteiger partial charge on any atom is 0.240 e. The van der Waals surface area contributed by atoms with E-state index in [2.05, 4.69) is 15.3 Å². The number of primary amides is 1. The van der Waals surface area contributed by atoms with Gasteiger partial charge < -0.3 is 16.0 Å². The number of amides is 1. The van der Waals surface area contributed by atoms with Crippen molar-refractivity contribution in [1.82, 2.24) is 9.97 Å². The Kier molecular flexibility index (Phi) is 3.43. The van der Waals surface area contributed by atoms with Gasteiger partial charge >= 0.3 is 0 Å². The van der Waals surface area contributed by atoms with Gasteiger partial charge in [0, 0.05) is 13.1 Å². The Hall–Kier alpha value is -1.89. The van der Waals surface area contributed by atoms with Gasteiger partial charge in [0.15, 0.2) is 0 Å². The largest absolute Gasteiger partial charge is 0.368 e. The van der Waals surface area contributed by atoms with Crippen molar-refractivity contribution in [3.05, 3.63) is 11.4 Å². The highest BCUT2D eigenvalue weighted by atomic mass is 32.1. The van der Waals surface area contributed by atoms with E-state index in [9.17, 15) is 4.79 Å². The molecule has 0 bridgehead atoms. The fraction of sp³-hybridized carbons (Fsp3) is 0.462. The fourth-order valence-corrected chi connectivity index (χ4v) is 3.37. The van der Waals surface area contributed by atoms with Crippen LogP contribution in [0, 0.1) is 0 Å². The van der Waals surface area contributed by atoms with E-state index in [1.807, 2.05) is 23.3 Å². The summed E-state index contributed by atoms with van der Waals surface area (Å²) in [5, 5.41) is 6.12. The lowest BCUT2D eigenvalue weighted by Crippen LogP contribution is -2.40. The number of rotatable bonds is 4. The fourth-order valence-electron chi connectivity index (χ4n) is 2.61. The highest BCUT2D eigenvalue weighted by molar-refractivity contribution is 7.16. The minimum Gasteiger partial charge on any atom is -0.368 e. The van der Waals surface area contributed by atoms with Crippen molar-refractivity contribution in [3.63, 3.8) is 0 Å². The Bertz CT molecular complexity index is 641. The Morgan fingerprint density at radius 2 is 2.45 bits per heavy atom. The van der Waals surface area contributed by atoms with Crippen molar-refractivity contribution >= 4 is 39.2 Å². The van der Waals surface area contributed by atoms with Crippen LogP contribution in [0.3, 0.4) is 0 Å². The molecule has 20 heavy (non-hydrogen) atoms. The van der Waals surface area contributed by atoms with E-state index in [4.69, 9.17) is 5.73 Å². The van der Waals surface area contributed by atoms with E-state index in [0.717, 1.165) is 42.0 Å². The van der Waals surface area contributed by atoms with Crippen LogP contribution in [0.5, 0.6) is 0 Å². The average Bonchev–Trinajstić information content (AvgIpc) is 3.06. The monoisotopic (exact) mass is 291 g/mol. The molecule has 1 saturated heterocycles. The van der Waals surface area contributed by atoms with Gasteiger partial charge in [-0.1, -0.05) is 0 Å². The molecule has 1 atom stereocenters. The number of nitrogens with two attached hydrogens (primary N) is 1. The summed E-state index contributed by atoms with van der Waals surface area (Å²) in [6.07, 6.45) is 1.75. The highest BCUT2D eigenvalue weighted by Gasteiger charge is 2.31. The average molecular weight is 291 g/mol. The van der Waals surface area contributed by atoms with E-state index in [1.54, 1.807) is 11.3 Å². The lowest BCUT2D eigenvalue weighted by molar-refractivity contribution is -0.119.